The van der Waals surface area contributed by atoms with Gasteiger partial charge in [0.05, 0.1) is 13.0 Å². The second kappa shape index (κ2) is 7.99. The number of aliphatic carboxylic acids is 1. The Hall–Kier alpha value is -1.30. The molecule has 0 aromatic carbocycles. The molecular formula is C13H24N2O4. The molecule has 0 radical (unpaired) electrons. The Bertz CT molecular complexity index is 303. The number of nitrogens with zero attached hydrogens (tertiary/aromatic N) is 1. The minimum atomic E-state index is -0.889. The van der Waals surface area contributed by atoms with Gasteiger partial charge in [0.1, 0.15) is 0 Å². The fourth-order valence-corrected chi connectivity index (χ4v) is 2.32. The van der Waals surface area contributed by atoms with E-state index < -0.39 is 5.97 Å². The van der Waals surface area contributed by atoms with Gasteiger partial charge in [0, 0.05) is 25.7 Å². The lowest BCUT2D eigenvalue weighted by atomic mass is 10.0. The molecule has 0 spiro atoms. The molecule has 2 amide bonds. The molecule has 6 nitrogen and oxygen atoms in total. The van der Waals surface area contributed by atoms with E-state index in [1.165, 1.54) is 0 Å². The summed E-state index contributed by atoms with van der Waals surface area (Å²) in [5.74, 6) is -0.523. The van der Waals surface area contributed by atoms with Crippen LogP contribution in [-0.2, 0) is 9.53 Å². The zero-order chi connectivity index (χ0) is 14.3. The van der Waals surface area contributed by atoms with Crippen LogP contribution in [-0.4, -0.2) is 54.4 Å². The normalized spacial score (nSPS) is 20.6. The van der Waals surface area contributed by atoms with Gasteiger partial charge in [-0.15, -0.1) is 0 Å². The van der Waals surface area contributed by atoms with E-state index in [-0.39, 0.29) is 18.5 Å². The lowest BCUT2D eigenvalue weighted by Crippen LogP contribution is -2.47. The largest absolute Gasteiger partial charge is 0.481 e. The number of rotatable bonds is 6. The molecule has 0 saturated carbocycles. The number of nitrogens with one attached hydrogen (secondary N) is 1. The van der Waals surface area contributed by atoms with Crippen LogP contribution < -0.4 is 5.32 Å². The fraction of sp³-hybridized carbons (Fsp3) is 0.846. The van der Waals surface area contributed by atoms with E-state index in [2.05, 4.69) is 5.32 Å². The molecule has 1 heterocycles. The van der Waals surface area contributed by atoms with Gasteiger partial charge in [-0.25, -0.2) is 4.79 Å². The van der Waals surface area contributed by atoms with Crippen molar-refractivity contribution in [1.82, 2.24) is 10.2 Å². The SMILES string of the molecule is CCN(C(=O)NCC1CCCOC1)C(C)CC(=O)O. The lowest BCUT2D eigenvalue weighted by Gasteiger charge is -2.29. The first-order valence-electron chi connectivity index (χ1n) is 6.88. The van der Waals surface area contributed by atoms with E-state index in [0.29, 0.717) is 25.6 Å². The monoisotopic (exact) mass is 272 g/mol. The first kappa shape index (κ1) is 15.8. The summed E-state index contributed by atoms with van der Waals surface area (Å²) >= 11 is 0. The summed E-state index contributed by atoms with van der Waals surface area (Å²) in [6.45, 7) is 6.19. The Labute approximate surface area is 114 Å². The third kappa shape index (κ3) is 5.46. The lowest BCUT2D eigenvalue weighted by molar-refractivity contribution is -0.138. The van der Waals surface area contributed by atoms with Gasteiger partial charge in [-0.1, -0.05) is 0 Å². The number of carbonyl (C=O) groups is 2. The topological polar surface area (TPSA) is 78.9 Å². The molecule has 1 aliphatic heterocycles. The molecule has 0 aromatic heterocycles. The van der Waals surface area contributed by atoms with Gasteiger partial charge in [0.2, 0.25) is 0 Å². The molecule has 2 unspecified atom stereocenters. The summed E-state index contributed by atoms with van der Waals surface area (Å²) in [4.78, 5) is 24.3. The first-order chi connectivity index (χ1) is 9.04. The maximum absolute atomic E-state index is 12.0. The number of hydrogen-bond donors (Lipinski definition) is 2. The molecule has 1 aliphatic rings. The first-order valence-corrected chi connectivity index (χ1v) is 6.88. The van der Waals surface area contributed by atoms with Crippen molar-refractivity contribution in [2.45, 2.75) is 39.2 Å². The van der Waals surface area contributed by atoms with Crippen LogP contribution in [0.2, 0.25) is 0 Å². The van der Waals surface area contributed by atoms with Crippen molar-refractivity contribution >= 4 is 12.0 Å². The van der Waals surface area contributed by atoms with Gasteiger partial charge in [-0.05, 0) is 32.6 Å². The van der Waals surface area contributed by atoms with Gasteiger partial charge in [0.15, 0.2) is 0 Å². The van der Waals surface area contributed by atoms with Crippen LogP contribution in [0.1, 0.15) is 33.1 Å². The van der Waals surface area contributed by atoms with Crippen molar-refractivity contribution < 1.29 is 19.4 Å². The third-order valence-electron chi connectivity index (χ3n) is 3.40. The van der Waals surface area contributed by atoms with Gasteiger partial charge in [-0.2, -0.15) is 0 Å². The Kier molecular flexibility index (Phi) is 6.62. The predicted molar refractivity (Wildman–Crippen MR) is 71.0 cm³/mol. The summed E-state index contributed by atoms with van der Waals surface area (Å²) in [6.07, 6.45) is 2.07. The highest BCUT2D eigenvalue weighted by molar-refractivity contribution is 5.75. The van der Waals surface area contributed by atoms with Crippen molar-refractivity contribution in [3.63, 3.8) is 0 Å². The Balaban J connectivity index is 2.37. The summed E-state index contributed by atoms with van der Waals surface area (Å²) in [7, 11) is 0. The average molecular weight is 272 g/mol. The average Bonchev–Trinajstić information content (AvgIpc) is 2.37. The van der Waals surface area contributed by atoms with Crippen LogP contribution in [0.4, 0.5) is 4.79 Å². The molecule has 1 fully saturated rings. The summed E-state index contributed by atoms with van der Waals surface area (Å²) in [6, 6.07) is -0.494. The second-order valence-electron chi connectivity index (χ2n) is 5.00. The summed E-state index contributed by atoms with van der Waals surface area (Å²) in [5, 5.41) is 11.6. The Morgan fingerprint density at radius 2 is 2.26 bits per heavy atom. The van der Waals surface area contributed by atoms with Crippen molar-refractivity contribution in [3.05, 3.63) is 0 Å². The van der Waals surface area contributed by atoms with Crippen LogP contribution in [0, 0.1) is 5.92 Å². The predicted octanol–water partition coefficient (Wildman–Crippen LogP) is 1.31. The number of ether oxygens (including phenoxy) is 1. The van der Waals surface area contributed by atoms with Crippen LogP contribution in [0.5, 0.6) is 0 Å². The number of hydrogen-bond acceptors (Lipinski definition) is 3. The zero-order valence-corrected chi connectivity index (χ0v) is 11.7. The highest BCUT2D eigenvalue weighted by Crippen LogP contribution is 2.12. The Morgan fingerprint density at radius 1 is 1.53 bits per heavy atom. The van der Waals surface area contributed by atoms with Crippen molar-refractivity contribution in [3.8, 4) is 0 Å². The molecule has 110 valence electrons. The van der Waals surface area contributed by atoms with Gasteiger partial charge in [0.25, 0.3) is 0 Å². The fourth-order valence-electron chi connectivity index (χ4n) is 2.32. The quantitative estimate of drug-likeness (QED) is 0.764. The van der Waals surface area contributed by atoms with E-state index in [4.69, 9.17) is 9.84 Å². The summed E-state index contributed by atoms with van der Waals surface area (Å²) in [5.41, 5.74) is 0. The molecule has 1 saturated heterocycles. The van der Waals surface area contributed by atoms with Gasteiger partial charge in [-0.3, -0.25) is 4.79 Å². The zero-order valence-electron chi connectivity index (χ0n) is 11.7. The standard InChI is InChI=1S/C13H24N2O4/c1-3-15(10(2)7-12(16)17)13(18)14-8-11-5-4-6-19-9-11/h10-11H,3-9H2,1-2H3,(H,14,18)(H,16,17). The van der Waals surface area contributed by atoms with Crippen molar-refractivity contribution in [2.75, 3.05) is 26.3 Å². The van der Waals surface area contributed by atoms with E-state index in [1.54, 1.807) is 11.8 Å². The molecular weight excluding hydrogens is 248 g/mol. The van der Waals surface area contributed by atoms with E-state index in [1.807, 2.05) is 6.92 Å². The summed E-state index contributed by atoms with van der Waals surface area (Å²) < 4.78 is 5.36. The van der Waals surface area contributed by atoms with Crippen LogP contribution in [0.25, 0.3) is 0 Å². The van der Waals surface area contributed by atoms with Crippen LogP contribution in [0.3, 0.4) is 0 Å². The molecule has 2 atom stereocenters. The Morgan fingerprint density at radius 3 is 2.79 bits per heavy atom. The maximum atomic E-state index is 12.0. The highest BCUT2D eigenvalue weighted by atomic mass is 16.5. The van der Waals surface area contributed by atoms with Crippen molar-refractivity contribution in [2.24, 2.45) is 5.92 Å². The molecule has 0 aromatic rings. The molecule has 6 heteroatoms. The molecule has 0 aliphatic carbocycles. The number of carboxylic acid groups (broad SMARTS) is 1. The number of carboxylic acids is 1. The maximum Gasteiger partial charge on any atom is 0.317 e. The molecule has 0 bridgehead atoms. The minimum absolute atomic E-state index is 0.0339. The second-order valence-corrected chi connectivity index (χ2v) is 5.00. The van der Waals surface area contributed by atoms with E-state index >= 15 is 0 Å². The minimum Gasteiger partial charge on any atom is -0.481 e. The molecule has 19 heavy (non-hydrogen) atoms. The van der Waals surface area contributed by atoms with Gasteiger partial charge < -0.3 is 20.1 Å². The van der Waals surface area contributed by atoms with E-state index in [9.17, 15) is 9.59 Å². The smallest absolute Gasteiger partial charge is 0.317 e. The highest BCUT2D eigenvalue weighted by Gasteiger charge is 2.22. The van der Waals surface area contributed by atoms with E-state index in [0.717, 1.165) is 19.4 Å². The molecule has 1 rings (SSSR count). The number of carbonyl (C=O) groups excluding carboxylic acids is 1. The third-order valence-corrected chi connectivity index (χ3v) is 3.40. The number of amides is 2. The van der Waals surface area contributed by atoms with Crippen molar-refractivity contribution in [1.29, 1.82) is 0 Å². The molecule has 2 N–H and O–H groups in total. The van der Waals surface area contributed by atoms with Gasteiger partial charge >= 0.3 is 12.0 Å². The van der Waals surface area contributed by atoms with Crippen LogP contribution >= 0.6 is 0 Å². The number of urea groups is 1. The van der Waals surface area contributed by atoms with Crippen LogP contribution in [0.15, 0.2) is 0 Å².